The second-order valence-electron chi connectivity index (χ2n) is 19.7. The maximum absolute atomic E-state index is 6.67. The summed E-state index contributed by atoms with van der Waals surface area (Å²) in [5.41, 5.74) is 0. The molecule has 7 heteroatoms. The van der Waals surface area contributed by atoms with Crippen LogP contribution in [0.5, 0.6) is 0 Å². The molecule has 0 aromatic heterocycles. The Morgan fingerprint density at radius 2 is 0.385 bits per heavy atom. The molecule has 392 valence electrons. The van der Waals surface area contributed by atoms with E-state index in [1.54, 1.807) is 0 Å². The molecule has 0 radical (unpaired) electrons. The third-order valence-corrected chi connectivity index (χ3v) is 13.2. The molecule has 65 heavy (non-hydrogen) atoms. The van der Waals surface area contributed by atoms with E-state index in [4.69, 9.17) is 33.2 Å². The second kappa shape index (κ2) is 53.1. The first kappa shape index (κ1) is 64.7. The van der Waals surface area contributed by atoms with Gasteiger partial charge in [-0.1, -0.05) is 273 Å². The molecule has 0 amide bonds. The molecule has 0 saturated heterocycles. The summed E-state index contributed by atoms with van der Waals surface area (Å²) in [6.45, 7) is 16.3. The fourth-order valence-electron chi connectivity index (χ4n) is 8.72. The molecule has 0 heterocycles. The lowest BCUT2D eigenvalue weighted by Crippen LogP contribution is -2.42. The SMILES string of the molecule is CCCCCCCCCCCCCC(OCCCCCCC)(OCCCCCCC)OCOCOC(CCCCCCCCCCCCC)(OCCCCCCC)OCCCCCCC. The second-order valence-corrected chi connectivity index (χ2v) is 19.7. The molecule has 0 aliphatic heterocycles. The Kier molecular flexibility index (Phi) is 52.9. The molecule has 0 saturated carbocycles. The minimum atomic E-state index is -1.11. The number of hydrogen-bond acceptors (Lipinski definition) is 7. The highest BCUT2D eigenvalue weighted by molar-refractivity contribution is 4.63. The van der Waals surface area contributed by atoms with Crippen LogP contribution in [0.15, 0.2) is 0 Å². The lowest BCUT2D eigenvalue weighted by Gasteiger charge is -2.35. The van der Waals surface area contributed by atoms with Crippen LogP contribution >= 0.6 is 0 Å². The van der Waals surface area contributed by atoms with Gasteiger partial charge in [-0.3, -0.25) is 0 Å². The van der Waals surface area contributed by atoms with E-state index in [9.17, 15) is 0 Å². The topological polar surface area (TPSA) is 64.6 Å². The van der Waals surface area contributed by atoms with E-state index in [1.807, 2.05) is 0 Å². The highest BCUT2D eigenvalue weighted by Crippen LogP contribution is 2.29. The molecule has 0 N–H and O–H groups in total. The zero-order valence-electron chi connectivity index (χ0n) is 45.2. The number of hydrogen-bond donors (Lipinski definition) is 0. The van der Waals surface area contributed by atoms with E-state index in [2.05, 4.69) is 41.5 Å². The summed E-state index contributed by atoms with van der Waals surface area (Å²) in [6.07, 6.45) is 53.8. The van der Waals surface area contributed by atoms with Gasteiger partial charge >= 0.3 is 0 Å². The Balaban J connectivity index is 5.76. The molecule has 0 atom stereocenters. The summed E-state index contributed by atoms with van der Waals surface area (Å²) >= 11 is 0. The lowest BCUT2D eigenvalue weighted by atomic mass is 10.0. The van der Waals surface area contributed by atoms with Gasteiger partial charge in [-0.05, 0) is 38.5 Å². The van der Waals surface area contributed by atoms with Crippen molar-refractivity contribution in [2.75, 3.05) is 40.0 Å². The maximum atomic E-state index is 6.67. The molecule has 7 nitrogen and oxygen atoms in total. The van der Waals surface area contributed by atoms with Crippen molar-refractivity contribution in [2.24, 2.45) is 0 Å². The quantitative estimate of drug-likeness (QED) is 0.0445. The van der Waals surface area contributed by atoms with Crippen LogP contribution in [0, 0.1) is 0 Å². The standard InChI is InChI=1S/C58H118O7/c1-7-13-19-25-27-29-31-33-35-37-43-49-57(60-51-45-39-21-15-9-3,61-52-46-40-22-16-10-4)64-55-59-56-65-58(62-53-47-41-23-17-11-5,63-54-48-42-24-18-12-6)50-44-38-36-34-32-30-28-26-20-14-8-2/h7-56H2,1-6H3. The van der Waals surface area contributed by atoms with Crippen LogP contribution in [-0.4, -0.2) is 52.0 Å². The van der Waals surface area contributed by atoms with Crippen molar-refractivity contribution in [3.8, 4) is 0 Å². The third-order valence-electron chi connectivity index (χ3n) is 13.2. The fraction of sp³-hybridized carbons (Fsp3) is 1.00. The van der Waals surface area contributed by atoms with E-state index in [0.717, 1.165) is 51.4 Å². The monoisotopic (exact) mass is 927 g/mol. The van der Waals surface area contributed by atoms with Crippen molar-refractivity contribution in [1.29, 1.82) is 0 Å². The summed E-state index contributed by atoms with van der Waals surface area (Å²) < 4.78 is 46.1. The Morgan fingerprint density at radius 1 is 0.200 bits per heavy atom. The predicted molar refractivity (Wildman–Crippen MR) is 279 cm³/mol. The van der Waals surface area contributed by atoms with Gasteiger partial charge in [-0.25, -0.2) is 0 Å². The summed E-state index contributed by atoms with van der Waals surface area (Å²) in [7, 11) is 0. The van der Waals surface area contributed by atoms with Gasteiger partial charge in [-0.2, -0.15) is 0 Å². The summed E-state index contributed by atoms with van der Waals surface area (Å²) in [4.78, 5) is 0. The third kappa shape index (κ3) is 44.7. The van der Waals surface area contributed by atoms with Gasteiger partial charge in [0.25, 0.3) is 11.9 Å². The number of unbranched alkanes of at least 4 members (excludes halogenated alkanes) is 36. The van der Waals surface area contributed by atoms with Crippen molar-refractivity contribution >= 4 is 0 Å². The van der Waals surface area contributed by atoms with Gasteiger partial charge in [0.2, 0.25) is 0 Å². The average Bonchev–Trinajstić information content (AvgIpc) is 3.31. The van der Waals surface area contributed by atoms with Gasteiger partial charge in [0.05, 0.1) is 26.4 Å². The van der Waals surface area contributed by atoms with Crippen LogP contribution in [-0.2, 0) is 33.2 Å². The molecule has 0 aliphatic carbocycles. The maximum Gasteiger partial charge on any atom is 0.284 e. The highest BCUT2D eigenvalue weighted by Gasteiger charge is 2.35. The molecule has 0 bridgehead atoms. The molecule has 0 aliphatic rings. The molecule has 0 rings (SSSR count). The first-order chi connectivity index (χ1) is 32.1. The van der Waals surface area contributed by atoms with Crippen LogP contribution < -0.4 is 0 Å². The highest BCUT2D eigenvalue weighted by atomic mass is 16.9. The first-order valence-corrected chi connectivity index (χ1v) is 29.5. The van der Waals surface area contributed by atoms with Crippen LogP contribution in [0.1, 0.15) is 324 Å². The Labute approximate surface area is 407 Å². The molecular weight excluding hydrogens is 809 g/mol. The van der Waals surface area contributed by atoms with Crippen LogP contribution in [0.2, 0.25) is 0 Å². The molecule has 0 spiro atoms. The predicted octanol–water partition coefficient (Wildman–Crippen LogP) is 19.6. The average molecular weight is 928 g/mol. The van der Waals surface area contributed by atoms with E-state index >= 15 is 0 Å². The van der Waals surface area contributed by atoms with E-state index in [1.165, 1.54) is 218 Å². The van der Waals surface area contributed by atoms with Crippen molar-refractivity contribution in [3.63, 3.8) is 0 Å². The molecule has 0 aromatic carbocycles. The van der Waals surface area contributed by atoms with Crippen LogP contribution in [0.25, 0.3) is 0 Å². The molecule has 0 fully saturated rings. The Morgan fingerprint density at radius 3 is 0.600 bits per heavy atom. The van der Waals surface area contributed by atoms with Gasteiger partial charge < -0.3 is 33.2 Å². The van der Waals surface area contributed by atoms with Crippen molar-refractivity contribution in [2.45, 2.75) is 336 Å². The number of ether oxygens (including phenoxy) is 7. The van der Waals surface area contributed by atoms with Gasteiger partial charge in [0.1, 0.15) is 0 Å². The Bertz CT molecular complexity index is 771. The smallest absolute Gasteiger partial charge is 0.284 e. The van der Waals surface area contributed by atoms with Gasteiger partial charge in [-0.15, -0.1) is 0 Å². The largest absolute Gasteiger partial charge is 0.329 e. The van der Waals surface area contributed by atoms with E-state index in [0.29, 0.717) is 39.3 Å². The number of rotatable bonds is 58. The van der Waals surface area contributed by atoms with Crippen LogP contribution in [0.3, 0.4) is 0 Å². The van der Waals surface area contributed by atoms with Crippen molar-refractivity contribution in [3.05, 3.63) is 0 Å². The minimum absolute atomic E-state index is 0.0340. The normalized spacial score (nSPS) is 12.3. The van der Waals surface area contributed by atoms with Crippen molar-refractivity contribution in [1.82, 2.24) is 0 Å². The fourth-order valence-corrected chi connectivity index (χ4v) is 8.72. The van der Waals surface area contributed by atoms with Gasteiger partial charge in [0, 0.05) is 12.8 Å². The lowest BCUT2D eigenvalue weighted by molar-refractivity contribution is -0.425. The molecular formula is C58H118O7. The zero-order chi connectivity index (χ0) is 47.3. The summed E-state index contributed by atoms with van der Waals surface area (Å²) in [6, 6.07) is 0. The summed E-state index contributed by atoms with van der Waals surface area (Å²) in [5, 5.41) is 0. The van der Waals surface area contributed by atoms with Gasteiger partial charge in [0.15, 0.2) is 13.6 Å². The molecule has 0 aromatic rings. The van der Waals surface area contributed by atoms with E-state index in [-0.39, 0.29) is 13.6 Å². The van der Waals surface area contributed by atoms with Crippen LogP contribution in [0.4, 0.5) is 0 Å². The summed E-state index contributed by atoms with van der Waals surface area (Å²) in [5.74, 6) is -2.21. The first-order valence-electron chi connectivity index (χ1n) is 29.5. The minimum Gasteiger partial charge on any atom is -0.329 e. The van der Waals surface area contributed by atoms with E-state index < -0.39 is 11.9 Å². The Hall–Kier alpha value is -0.280. The zero-order valence-corrected chi connectivity index (χ0v) is 45.2. The van der Waals surface area contributed by atoms with Crippen molar-refractivity contribution < 1.29 is 33.2 Å². The molecule has 0 unspecified atom stereocenters.